The highest BCUT2D eigenvalue weighted by Gasteiger charge is 2.06. The lowest BCUT2D eigenvalue weighted by atomic mass is 10.1. The fraction of sp³-hybridized carbons (Fsp3) is 0.143. The van der Waals surface area contributed by atoms with Crippen molar-refractivity contribution in [3.8, 4) is 0 Å². The molecule has 3 aromatic rings. The summed E-state index contributed by atoms with van der Waals surface area (Å²) in [5.41, 5.74) is 9.57. The molecule has 96 valence electrons. The number of thiazole rings is 1. The van der Waals surface area contributed by atoms with Gasteiger partial charge in [0.25, 0.3) is 0 Å². The molecule has 4 nitrogen and oxygen atoms in total. The van der Waals surface area contributed by atoms with Gasteiger partial charge in [-0.25, -0.2) is 4.98 Å². The van der Waals surface area contributed by atoms with Gasteiger partial charge in [0.1, 0.15) is 0 Å². The van der Waals surface area contributed by atoms with Crippen molar-refractivity contribution in [1.29, 1.82) is 0 Å². The summed E-state index contributed by atoms with van der Waals surface area (Å²) in [7, 11) is 0. The number of anilines is 2. The molecule has 0 saturated heterocycles. The third-order valence-corrected chi connectivity index (χ3v) is 3.74. The molecule has 2 heterocycles. The molecule has 0 fully saturated rings. The maximum absolute atomic E-state index is 6.01. The molecule has 0 bridgehead atoms. The Morgan fingerprint density at radius 3 is 2.95 bits per heavy atom. The van der Waals surface area contributed by atoms with E-state index in [9.17, 15) is 0 Å². The SMILES string of the molecule is Cc1nc(CNc2c(N)cnc3ccccc23)cs1. The van der Waals surface area contributed by atoms with Gasteiger partial charge >= 0.3 is 0 Å². The van der Waals surface area contributed by atoms with E-state index in [1.807, 2.05) is 31.2 Å². The van der Waals surface area contributed by atoms with Gasteiger partial charge in [-0.3, -0.25) is 4.98 Å². The first kappa shape index (κ1) is 11.9. The number of aryl methyl sites for hydroxylation is 1. The summed E-state index contributed by atoms with van der Waals surface area (Å²) < 4.78 is 0. The number of fused-ring (bicyclic) bond motifs is 1. The van der Waals surface area contributed by atoms with Gasteiger partial charge in [0.05, 0.1) is 40.3 Å². The lowest BCUT2D eigenvalue weighted by Crippen LogP contribution is -2.04. The molecular formula is C14H14N4S. The zero-order valence-corrected chi connectivity index (χ0v) is 11.4. The zero-order chi connectivity index (χ0) is 13.2. The van der Waals surface area contributed by atoms with Gasteiger partial charge in [-0.05, 0) is 13.0 Å². The first-order chi connectivity index (χ1) is 9.24. The Morgan fingerprint density at radius 1 is 1.32 bits per heavy atom. The highest BCUT2D eigenvalue weighted by Crippen LogP contribution is 2.28. The molecule has 5 heteroatoms. The van der Waals surface area contributed by atoms with Crippen molar-refractivity contribution in [2.24, 2.45) is 0 Å². The van der Waals surface area contributed by atoms with Crippen LogP contribution in [0.5, 0.6) is 0 Å². The first-order valence-electron chi connectivity index (χ1n) is 6.02. The van der Waals surface area contributed by atoms with E-state index in [1.54, 1.807) is 17.5 Å². The molecule has 0 unspecified atom stereocenters. The van der Waals surface area contributed by atoms with Crippen LogP contribution in [-0.4, -0.2) is 9.97 Å². The van der Waals surface area contributed by atoms with Crippen LogP contribution in [-0.2, 0) is 6.54 Å². The number of hydrogen-bond donors (Lipinski definition) is 2. The summed E-state index contributed by atoms with van der Waals surface area (Å²) in [5, 5.41) is 7.53. The number of nitrogen functional groups attached to an aromatic ring is 1. The van der Waals surface area contributed by atoms with Crippen LogP contribution in [0.3, 0.4) is 0 Å². The van der Waals surface area contributed by atoms with Crippen molar-refractivity contribution in [3.05, 3.63) is 46.5 Å². The highest BCUT2D eigenvalue weighted by atomic mass is 32.1. The van der Waals surface area contributed by atoms with Gasteiger partial charge in [-0.2, -0.15) is 0 Å². The van der Waals surface area contributed by atoms with E-state index >= 15 is 0 Å². The Balaban J connectivity index is 1.93. The molecule has 0 aliphatic heterocycles. The minimum absolute atomic E-state index is 0.658. The Bertz CT molecular complexity index is 720. The van der Waals surface area contributed by atoms with Crippen molar-refractivity contribution in [2.75, 3.05) is 11.1 Å². The number of hydrogen-bond acceptors (Lipinski definition) is 5. The number of nitrogens with zero attached hydrogens (tertiary/aromatic N) is 2. The molecule has 0 amide bonds. The van der Waals surface area contributed by atoms with E-state index in [0.717, 1.165) is 27.3 Å². The Kier molecular flexibility index (Phi) is 3.05. The van der Waals surface area contributed by atoms with E-state index < -0.39 is 0 Å². The van der Waals surface area contributed by atoms with Crippen LogP contribution in [0.1, 0.15) is 10.7 Å². The Hall–Kier alpha value is -2.14. The molecule has 19 heavy (non-hydrogen) atoms. The van der Waals surface area contributed by atoms with E-state index in [0.29, 0.717) is 12.2 Å². The summed E-state index contributed by atoms with van der Waals surface area (Å²) in [6.45, 7) is 2.67. The molecule has 0 radical (unpaired) electrons. The van der Waals surface area contributed by atoms with Crippen LogP contribution >= 0.6 is 11.3 Å². The normalized spacial score (nSPS) is 10.8. The molecule has 2 aromatic heterocycles. The van der Waals surface area contributed by atoms with E-state index in [1.165, 1.54) is 0 Å². The lowest BCUT2D eigenvalue weighted by Gasteiger charge is -2.11. The van der Waals surface area contributed by atoms with E-state index in [-0.39, 0.29) is 0 Å². The zero-order valence-electron chi connectivity index (χ0n) is 10.6. The van der Waals surface area contributed by atoms with Gasteiger partial charge in [0.2, 0.25) is 0 Å². The van der Waals surface area contributed by atoms with Crippen LogP contribution in [0.15, 0.2) is 35.8 Å². The second-order valence-corrected chi connectivity index (χ2v) is 5.38. The molecule has 0 spiro atoms. The van der Waals surface area contributed by atoms with E-state index in [2.05, 4.69) is 20.7 Å². The summed E-state index contributed by atoms with van der Waals surface area (Å²) in [5.74, 6) is 0. The van der Waals surface area contributed by atoms with Crippen LogP contribution in [0, 0.1) is 6.92 Å². The topological polar surface area (TPSA) is 63.8 Å². The third-order valence-electron chi connectivity index (χ3n) is 2.92. The average molecular weight is 270 g/mol. The average Bonchev–Trinajstić information content (AvgIpc) is 2.83. The second-order valence-electron chi connectivity index (χ2n) is 4.32. The van der Waals surface area contributed by atoms with E-state index in [4.69, 9.17) is 5.73 Å². The van der Waals surface area contributed by atoms with Crippen molar-refractivity contribution < 1.29 is 0 Å². The van der Waals surface area contributed by atoms with Crippen LogP contribution < -0.4 is 11.1 Å². The minimum atomic E-state index is 0.658. The monoisotopic (exact) mass is 270 g/mol. The smallest absolute Gasteiger partial charge is 0.0898 e. The molecule has 0 aliphatic rings. The van der Waals surface area contributed by atoms with Gasteiger partial charge in [0, 0.05) is 10.8 Å². The van der Waals surface area contributed by atoms with Gasteiger partial charge in [-0.1, -0.05) is 18.2 Å². The fourth-order valence-electron chi connectivity index (χ4n) is 2.02. The summed E-state index contributed by atoms with van der Waals surface area (Å²) >= 11 is 1.65. The molecule has 0 saturated carbocycles. The van der Waals surface area contributed by atoms with Gasteiger partial charge in [0.15, 0.2) is 0 Å². The first-order valence-corrected chi connectivity index (χ1v) is 6.90. The maximum Gasteiger partial charge on any atom is 0.0898 e. The van der Waals surface area contributed by atoms with Crippen molar-refractivity contribution >= 4 is 33.6 Å². The number of aromatic nitrogens is 2. The van der Waals surface area contributed by atoms with Crippen molar-refractivity contribution in [1.82, 2.24) is 9.97 Å². The fourth-order valence-corrected chi connectivity index (χ4v) is 2.64. The minimum Gasteiger partial charge on any atom is -0.396 e. The number of nitrogens with one attached hydrogen (secondary N) is 1. The van der Waals surface area contributed by atoms with Crippen LogP contribution in [0.25, 0.3) is 10.9 Å². The number of benzene rings is 1. The molecule has 1 aromatic carbocycles. The van der Waals surface area contributed by atoms with Gasteiger partial charge in [-0.15, -0.1) is 11.3 Å². The molecule has 0 atom stereocenters. The molecule has 0 aliphatic carbocycles. The van der Waals surface area contributed by atoms with Gasteiger partial charge < -0.3 is 11.1 Å². The van der Waals surface area contributed by atoms with Crippen molar-refractivity contribution in [3.63, 3.8) is 0 Å². The quantitative estimate of drug-likeness (QED) is 0.767. The summed E-state index contributed by atoms with van der Waals surface area (Å²) in [4.78, 5) is 8.76. The number of nitrogens with two attached hydrogens (primary N) is 1. The highest BCUT2D eigenvalue weighted by molar-refractivity contribution is 7.09. The largest absolute Gasteiger partial charge is 0.396 e. The number of rotatable bonds is 3. The standard InChI is InChI=1S/C14H14N4S/c1-9-18-10(8-19-9)6-17-14-11-4-2-3-5-13(11)16-7-12(14)15/h2-5,7-8H,6,15H2,1H3,(H,16,17). The Morgan fingerprint density at radius 2 is 2.16 bits per heavy atom. The molecular weight excluding hydrogens is 256 g/mol. The predicted octanol–water partition coefficient (Wildman–Crippen LogP) is 3.19. The Labute approximate surface area is 115 Å². The maximum atomic E-state index is 6.01. The predicted molar refractivity (Wildman–Crippen MR) is 80.3 cm³/mol. The number of para-hydroxylation sites is 1. The van der Waals surface area contributed by atoms with Crippen molar-refractivity contribution in [2.45, 2.75) is 13.5 Å². The van der Waals surface area contributed by atoms with Crippen LogP contribution in [0.4, 0.5) is 11.4 Å². The summed E-state index contributed by atoms with van der Waals surface area (Å²) in [6, 6.07) is 7.96. The molecule has 3 N–H and O–H groups in total. The summed E-state index contributed by atoms with van der Waals surface area (Å²) in [6.07, 6.45) is 1.69. The van der Waals surface area contributed by atoms with Crippen LogP contribution in [0.2, 0.25) is 0 Å². The third kappa shape index (κ3) is 2.37. The second kappa shape index (κ2) is 4.85. The molecule has 3 rings (SSSR count). The number of pyridine rings is 1. The lowest BCUT2D eigenvalue weighted by molar-refractivity contribution is 1.06.